The van der Waals surface area contributed by atoms with Gasteiger partial charge < -0.3 is 19.1 Å². The van der Waals surface area contributed by atoms with E-state index in [9.17, 15) is 4.79 Å². The van der Waals surface area contributed by atoms with Crippen LogP contribution in [0.4, 0.5) is 0 Å². The lowest BCUT2D eigenvalue weighted by Gasteiger charge is -2.03. The predicted octanol–water partition coefficient (Wildman–Crippen LogP) is 3.52. The molecule has 1 atom stereocenters. The summed E-state index contributed by atoms with van der Waals surface area (Å²) in [6.07, 6.45) is 2.10. The van der Waals surface area contributed by atoms with Crippen LogP contribution in [-0.4, -0.2) is 22.3 Å². The second kappa shape index (κ2) is 7.50. The highest BCUT2D eigenvalue weighted by atomic mass is 16.5. The van der Waals surface area contributed by atoms with Gasteiger partial charge in [-0.2, -0.15) is 0 Å². The average molecular weight is 381 g/mol. The van der Waals surface area contributed by atoms with Crippen molar-refractivity contribution in [2.24, 2.45) is 0 Å². The molecule has 0 saturated heterocycles. The SMILES string of the molecule is Cc1noc(C)c1CCC(=O)NCc1cc(-c2ccc3c(c2)OC(C)C3)on1. The highest BCUT2D eigenvalue weighted by Crippen LogP contribution is 2.33. The van der Waals surface area contributed by atoms with E-state index in [0.717, 1.165) is 34.8 Å². The number of nitrogens with one attached hydrogen (secondary N) is 1. The first-order valence-corrected chi connectivity index (χ1v) is 9.43. The summed E-state index contributed by atoms with van der Waals surface area (Å²) in [5.74, 6) is 2.27. The molecular formula is C21H23N3O4. The van der Waals surface area contributed by atoms with Crippen LogP contribution in [0.3, 0.4) is 0 Å². The van der Waals surface area contributed by atoms with E-state index in [4.69, 9.17) is 13.8 Å². The maximum absolute atomic E-state index is 12.1. The number of carbonyl (C=O) groups is 1. The maximum Gasteiger partial charge on any atom is 0.220 e. The first-order valence-electron chi connectivity index (χ1n) is 9.43. The van der Waals surface area contributed by atoms with Gasteiger partial charge in [0.15, 0.2) is 5.76 Å². The Balaban J connectivity index is 1.33. The van der Waals surface area contributed by atoms with Crippen molar-refractivity contribution in [3.8, 4) is 17.1 Å². The van der Waals surface area contributed by atoms with Crippen LogP contribution in [0.25, 0.3) is 11.3 Å². The van der Waals surface area contributed by atoms with Crippen molar-refractivity contribution in [2.45, 2.75) is 52.7 Å². The lowest BCUT2D eigenvalue weighted by Crippen LogP contribution is -2.23. The number of amides is 1. The number of carbonyl (C=O) groups excluding carboxylic acids is 1. The Bertz CT molecular complexity index is 986. The highest BCUT2D eigenvalue weighted by molar-refractivity contribution is 5.76. The lowest BCUT2D eigenvalue weighted by atomic mass is 10.1. The van der Waals surface area contributed by atoms with Gasteiger partial charge in [0.25, 0.3) is 0 Å². The second-order valence-corrected chi connectivity index (χ2v) is 7.22. The van der Waals surface area contributed by atoms with Crippen molar-refractivity contribution in [3.63, 3.8) is 0 Å². The van der Waals surface area contributed by atoms with Crippen LogP contribution >= 0.6 is 0 Å². The fraction of sp³-hybridized carbons (Fsp3) is 0.381. The van der Waals surface area contributed by atoms with Gasteiger partial charge in [-0.3, -0.25) is 4.79 Å². The van der Waals surface area contributed by atoms with Gasteiger partial charge in [0, 0.05) is 30.0 Å². The van der Waals surface area contributed by atoms with E-state index in [1.165, 1.54) is 5.56 Å². The molecule has 4 rings (SSSR count). The van der Waals surface area contributed by atoms with E-state index in [-0.39, 0.29) is 12.0 Å². The third-order valence-corrected chi connectivity index (χ3v) is 5.00. The van der Waals surface area contributed by atoms with Gasteiger partial charge >= 0.3 is 0 Å². The molecule has 7 heteroatoms. The monoisotopic (exact) mass is 381 g/mol. The van der Waals surface area contributed by atoms with Gasteiger partial charge in [-0.05, 0) is 38.8 Å². The van der Waals surface area contributed by atoms with Gasteiger partial charge in [0.05, 0.1) is 12.2 Å². The minimum absolute atomic E-state index is 0.0514. The van der Waals surface area contributed by atoms with Crippen LogP contribution in [0.15, 0.2) is 33.3 Å². The summed E-state index contributed by atoms with van der Waals surface area (Å²) in [5.41, 5.74) is 4.62. The van der Waals surface area contributed by atoms with Crippen LogP contribution in [0.1, 0.15) is 41.6 Å². The van der Waals surface area contributed by atoms with Gasteiger partial charge in [-0.1, -0.05) is 22.4 Å². The second-order valence-electron chi connectivity index (χ2n) is 7.22. The summed E-state index contributed by atoms with van der Waals surface area (Å²) in [7, 11) is 0. The van der Waals surface area contributed by atoms with E-state index >= 15 is 0 Å². The molecule has 3 aromatic rings. The van der Waals surface area contributed by atoms with E-state index in [2.05, 4.69) is 28.6 Å². The molecule has 0 fully saturated rings. The number of nitrogens with zero attached hydrogens (tertiary/aromatic N) is 2. The topological polar surface area (TPSA) is 90.4 Å². The number of rotatable bonds is 6. The molecule has 0 radical (unpaired) electrons. The maximum atomic E-state index is 12.1. The lowest BCUT2D eigenvalue weighted by molar-refractivity contribution is -0.121. The molecule has 28 heavy (non-hydrogen) atoms. The van der Waals surface area contributed by atoms with E-state index < -0.39 is 0 Å². The highest BCUT2D eigenvalue weighted by Gasteiger charge is 2.20. The zero-order valence-corrected chi connectivity index (χ0v) is 16.2. The van der Waals surface area contributed by atoms with E-state index in [1.54, 1.807) is 0 Å². The smallest absolute Gasteiger partial charge is 0.220 e. The molecule has 1 N–H and O–H groups in total. The first-order chi connectivity index (χ1) is 13.5. The van der Waals surface area contributed by atoms with Gasteiger partial charge in [-0.15, -0.1) is 0 Å². The fourth-order valence-corrected chi connectivity index (χ4v) is 3.46. The Labute approximate surface area is 163 Å². The minimum Gasteiger partial charge on any atom is -0.490 e. The molecule has 1 aliphatic rings. The normalized spacial score (nSPS) is 15.3. The summed E-state index contributed by atoms with van der Waals surface area (Å²) in [5, 5.41) is 10.8. The Morgan fingerprint density at radius 2 is 2.07 bits per heavy atom. The number of aromatic nitrogens is 2. The van der Waals surface area contributed by atoms with Crippen LogP contribution < -0.4 is 10.1 Å². The number of aryl methyl sites for hydroxylation is 2. The Morgan fingerprint density at radius 1 is 1.21 bits per heavy atom. The zero-order valence-electron chi connectivity index (χ0n) is 16.2. The molecule has 7 nitrogen and oxygen atoms in total. The molecule has 1 amide bonds. The molecule has 1 aliphatic heterocycles. The van der Waals surface area contributed by atoms with Crippen LogP contribution in [0, 0.1) is 13.8 Å². The third-order valence-electron chi connectivity index (χ3n) is 5.00. The van der Waals surface area contributed by atoms with Crippen molar-refractivity contribution in [2.75, 3.05) is 0 Å². The Kier molecular flexibility index (Phi) is 4.90. The minimum atomic E-state index is -0.0514. The largest absolute Gasteiger partial charge is 0.490 e. The molecule has 3 heterocycles. The molecule has 146 valence electrons. The Morgan fingerprint density at radius 3 is 2.86 bits per heavy atom. The van der Waals surface area contributed by atoms with Gasteiger partial charge in [-0.25, -0.2) is 0 Å². The van der Waals surface area contributed by atoms with Crippen molar-refractivity contribution in [1.82, 2.24) is 15.6 Å². The van der Waals surface area contributed by atoms with Crippen LogP contribution in [0.5, 0.6) is 5.75 Å². The van der Waals surface area contributed by atoms with Crippen molar-refractivity contribution in [1.29, 1.82) is 0 Å². The van der Waals surface area contributed by atoms with E-state index in [1.807, 2.05) is 32.0 Å². The van der Waals surface area contributed by atoms with Crippen molar-refractivity contribution in [3.05, 3.63) is 52.5 Å². The predicted molar refractivity (Wildman–Crippen MR) is 102 cm³/mol. The molecule has 1 unspecified atom stereocenters. The molecule has 1 aromatic carbocycles. The summed E-state index contributed by atoms with van der Waals surface area (Å²) in [6, 6.07) is 7.89. The summed E-state index contributed by atoms with van der Waals surface area (Å²) >= 11 is 0. The van der Waals surface area contributed by atoms with Gasteiger partial charge in [0.2, 0.25) is 5.91 Å². The molecule has 2 aromatic heterocycles. The van der Waals surface area contributed by atoms with Crippen LogP contribution in [-0.2, 0) is 24.2 Å². The molecule has 0 aliphatic carbocycles. The molecule has 0 spiro atoms. The number of benzene rings is 1. The Hall–Kier alpha value is -3.09. The molecule has 0 saturated carbocycles. The van der Waals surface area contributed by atoms with Crippen molar-refractivity contribution >= 4 is 5.91 Å². The number of hydrogen-bond donors (Lipinski definition) is 1. The summed E-state index contributed by atoms with van der Waals surface area (Å²) < 4.78 is 16.4. The van der Waals surface area contributed by atoms with Crippen LogP contribution in [0.2, 0.25) is 0 Å². The third kappa shape index (κ3) is 3.78. The quantitative estimate of drug-likeness (QED) is 0.703. The standard InChI is InChI=1S/C21H23N3O4/c1-12-8-15-4-5-16(9-19(15)26-12)20-10-17(24-28-20)11-22-21(25)7-6-18-13(2)23-27-14(18)3/h4-5,9-10,12H,6-8,11H2,1-3H3,(H,22,25). The zero-order chi connectivity index (χ0) is 19.7. The van der Waals surface area contributed by atoms with Gasteiger partial charge in [0.1, 0.15) is 23.3 Å². The van der Waals surface area contributed by atoms with Crippen molar-refractivity contribution < 1.29 is 18.6 Å². The van der Waals surface area contributed by atoms with E-state index in [0.29, 0.717) is 30.8 Å². The number of fused-ring (bicyclic) bond motifs is 1. The average Bonchev–Trinajstić information content (AvgIpc) is 3.36. The molecule has 0 bridgehead atoms. The number of hydrogen-bond acceptors (Lipinski definition) is 6. The summed E-state index contributed by atoms with van der Waals surface area (Å²) in [4.78, 5) is 12.1. The fourth-order valence-electron chi connectivity index (χ4n) is 3.46. The first kappa shape index (κ1) is 18.3. The summed E-state index contributed by atoms with van der Waals surface area (Å²) in [6.45, 7) is 6.11. The molecular weight excluding hydrogens is 358 g/mol. The number of ether oxygens (including phenoxy) is 1.